The van der Waals surface area contributed by atoms with Crippen molar-refractivity contribution in [3.8, 4) is 0 Å². The highest BCUT2D eigenvalue weighted by Crippen LogP contribution is 2.27. The fourth-order valence-corrected chi connectivity index (χ4v) is 5.63. The van der Waals surface area contributed by atoms with Gasteiger partial charge in [0, 0.05) is 85.2 Å². The minimum atomic E-state index is -0.782. The van der Waals surface area contributed by atoms with Crippen molar-refractivity contribution in [3.05, 3.63) is 16.0 Å². The number of fused-ring (bicyclic) bond motifs is 1. The third-order valence-electron chi connectivity index (χ3n) is 8.22. The Morgan fingerprint density at radius 3 is 2.29 bits per heavy atom. The summed E-state index contributed by atoms with van der Waals surface area (Å²) >= 11 is 0. The number of hydrogen-bond acceptors (Lipinski definition) is 8. The Hall–Kier alpha value is -2.04. The summed E-state index contributed by atoms with van der Waals surface area (Å²) in [7, 11) is 36.4. The van der Waals surface area contributed by atoms with E-state index in [1.807, 2.05) is 11.9 Å². The number of aromatic nitrogens is 4. The summed E-state index contributed by atoms with van der Waals surface area (Å²) in [5, 5.41) is 13.3. The maximum absolute atomic E-state index is 14.2. The molecule has 2 atom stereocenters. The molecular weight excluding hydrogens is 505 g/mol. The maximum atomic E-state index is 14.2. The molecule has 0 bridgehead atoms. The van der Waals surface area contributed by atoms with Crippen molar-refractivity contribution in [3.63, 3.8) is 0 Å². The van der Waals surface area contributed by atoms with E-state index in [2.05, 4.69) is 5.43 Å². The van der Waals surface area contributed by atoms with Gasteiger partial charge in [-0.05, 0) is 32.0 Å². The molecule has 2 saturated heterocycles. The van der Waals surface area contributed by atoms with E-state index in [9.17, 15) is 14.4 Å². The van der Waals surface area contributed by atoms with Crippen LogP contribution in [0.4, 0.5) is 5.82 Å². The van der Waals surface area contributed by atoms with Crippen LogP contribution in [-0.4, -0.2) is 141 Å². The number of nitrogens with zero attached hydrogens (tertiary/aromatic N) is 6. The third kappa shape index (κ3) is 6.97. The van der Waals surface area contributed by atoms with Gasteiger partial charge in [-0.3, -0.25) is 19.9 Å². The number of nitrogens with one attached hydrogen (secondary N) is 1. The summed E-state index contributed by atoms with van der Waals surface area (Å²) in [5.41, 5.74) is 3.76. The van der Waals surface area contributed by atoms with Gasteiger partial charge >= 0.3 is 0 Å². The number of hydrazine groups is 1. The second-order valence-corrected chi connectivity index (χ2v) is 11.2. The Kier molecular flexibility index (Phi) is 10.9. The number of aldehydes is 2. The molecule has 2 fully saturated rings. The normalized spacial score (nSPS) is 18.9. The molecule has 1 N–H and O–H groups in total. The molecular formula is C20H28B11N7O3. The van der Waals surface area contributed by atoms with Crippen LogP contribution in [0.15, 0.2) is 4.79 Å². The van der Waals surface area contributed by atoms with Crippen LogP contribution in [0, 0.1) is 0 Å². The molecule has 21 heteroatoms. The third-order valence-corrected chi connectivity index (χ3v) is 8.22. The summed E-state index contributed by atoms with van der Waals surface area (Å²) in [6.45, 7) is 1.85. The van der Waals surface area contributed by atoms with Gasteiger partial charge in [0.25, 0.3) is 5.56 Å². The largest absolute Gasteiger partial charge is 0.302 e. The molecule has 0 saturated carbocycles. The monoisotopic (exact) mass is 535 g/mol. The Morgan fingerprint density at radius 2 is 1.66 bits per heavy atom. The van der Waals surface area contributed by atoms with Gasteiger partial charge in [-0.1, -0.05) is 13.2 Å². The van der Waals surface area contributed by atoms with E-state index in [0.717, 1.165) is 25.4 Å². The van der Waals surface area contributed by atoms with Gasteiger partial charge in [0.15, 0.2) is 5.82 Å². The van der Waals surface area contributed by atoms with Crippen LogP contribution in [0.1, 0.15) is 38.3 Å². The van der Waals surface area contributed by atoms with E-state index in [4.69, 9.17) is 56.6 Å². The minimum Gasteiger partial charge on any atom is -0.302 e. The molecule has 4 heterocycles. The topological polar surface area (TPSA) is 105 Å². The lowest BCUT2D eigenvalue weighted by Crippen LogP contribution is -2.49. The van der Waals surface area contributed by atoms with E-state index >= 15 is 0 Å². The lowest BCUT2D eigenvalue weighted by atomic mass is 8.79. The molecule has 12 radical (unpaired) electrons. The highest BCUT2D eigenvalue weighted by molar-refractivity contribution is 7.69. The van der Waals surface area contributed by atoms with Crippen molar-refractivity contribution in [1.82, 2.24) is 24.7 Å². The van der Waals surface area contributed by atoms with Crippen molar-refractivity contribution >= 4 is 108 Å². The maximum Gasteiger partial charge on any atom is 0.297 e. The predicted molar refractivity (Wildman–Crippen MR) is 176 cm³/mol. The molecule has 41 heavy (non-hydrogen) atoms. The quantitative estimate of drug-likeness (QED) is 0.199. The first-order chi connectivity index (χ1) is 19.6. The van der Waals surface area contributed by atoms with Crippen LogP contribution < -0.4 is 16.0 Å². The highest BCUT2D eigenvalue weighted by Gasteiger charge is 2.33. The van der Waals surface area contributed by atoms with Gasteiger partial charge < -0.3 is 9.59 Å². The average Bonchev–Trinajstić information content (AvgIpc) is 3.68. The Morgan fingerprint density at radius 1 is 0.976 bits per heavy atom. The number of hydrogen-bond donors (Lipinski definition) is 1. The molecule has 0 unspecified atom stereocenters. The molecule has 10 nitrogen and oxygen atoms in total. The molecule has 0 aromatic carbocycles. The van der Waals surface area contributed by atoms with Gasteiger partial charge in [-0.15, -0.1) is 16.1 Å². The summed E-state index contributed by atoms with van der Waals surface area (Å²) in [6.07, 6.45) is 4.56. The van der Waals surface area contributed by atoms with E-state index < -0.39 is 37.5 Å². The van der Waals surface area contributed by atoms with Crippen molar-refractivity contribution in [2.24, 2.45) is 0 Å². The van der Waals surface area contributed by atoms with Crippen LogP contribution in [0.2, 0.25) is 12.5 Å². The highest BCUT2D eigenvalue weighted by atomic mass is 16.2. The van der Waals surface area contributed by atoms with Crippen molar-refractivity contribution in [2.75, 3.05) is 23.5 Å². The summed E-state index contributed by atoms with van der Waals surface area (Å²) in [6, 6.07) is -0.849. The van der Waals surface area contributed by atoms with Gasteiger partial charge in [0.1, 0.15) is 30.7 Å². The van der Waals surface area contributed by atoms with Crippen molar-refractivity contribution < 1.29 is 9.59 Å². The Labute approximate surface area is 251 Å². The first-order valence-corrected chi connectivity index (χ1v) is 14.4. The van der Waals surface area contributed by atoms with E-state index in [1.54, 1.807) is 9.69 Å². The summed E-state index contributed by atoms with van der Waals surface area (Å²) < 4.78 is 1.68. The van der Waals surface area contributed by atoms with Crippen LogP contribution in [0.25, 0.3) is 10.9 Å². The van der Waals surface area contributed by atoms with Crippen molar-refractivity contribution in [1.29, 1.82) is 0 Å². The molecule has 0 amide bonds. The molecule has 2 aromatic heterocycles. The standard InChI is InChI=1S/C20H28B11N7O3/c1-2-27(21)13-36-18-17(16(32-36)9-28(30(23)24)12-29(22)31(25)26)20(41)38(37-8-4-6-15(37)11-40)34-19(18)33-35-7-3-5-14(35)10-39/h10-11,14-15H,2-9,12-13H2,1H3,(H,33,34)/t14-,15-/m0/s1. The van der Waals surface area contributed by atoms with Crippen LogP contribution in [-0.2, 0) is 22.4 Å². The first kappa shape index (κ1) is 31.9. The lowest BCUT2D eigenvalue weighted by Gasteiger charge is -2.26. The molecule has 0 spiro atoms. The molecule has 2 aliphatic heterocycles. The van der Waals surface area contributed by atoms with Gasteiger partial charge in [0.05, 0.1) is 23.7 Å². The number of carbonyl (C=O) groups is 2. The minimum absolute atomic E-state index is 0.222. The zero-order chi connectivity index (χ0) is 29.8. The number of carbonyl (C=O) groups excluding carboxylic acids is 2. The van der Waals surface area contributed by atoms with E-state index in [0.29, 0.717) is 67.3 Å². The molecule has 2 aromatic rings. The smallest absolute Gasteiger partial charge is 0.297 e. The van der Waals surface area contributed by atoms with Gasteiger partial charge in [-0.25, -0.2) is 5.01 Å². The van der Waals surface area contributed by atoms with Crippen LogP contribution in [0.3, 0.4) is 0 Å². The number of rotatable bonds is 14. The molecule has 4 rings (SSSR count). The molecule has 0 aliphatic carbocycles. The lowest BCUT2D eigenvalue weighted by molar-refractivity contribution is -0.111. The average molecular weight is 533 g/mol. The Bertz CT molecular complexity index is 1280. The second-order valence-electron chi connectivity index (χ2n) is 11.2. The second kappa shape index (κ2) is 14.0. The SMILES string of the molecule is [B]B(CC)Cn1nc(CB(CB([B])B([B])[B])B([B])[B])c2c(=O)n(N3CCC[C@H]3C=O)nc(NN3CCC[C@H]3C=O)c21. The zero-order valence-electron chi connectivity index (χ0n) is 23.6. The first-order valence-electron chi connectivity index (χ1n) is 14.4. The predicted octanol–water partition coefficient (Wildman–Crippen LogP) is -3.32. The molecule has 2 aliphatic rings. The zero-order valence-corrected chi connectivity index (χ0v) is 23.6. The Balaban J connectivity index is 1.92. The van der Waals surface area contributed by atoms with Crippen molar-refractivity contribution in [2.45, 2.75) is 70.0 Å². The van der Waals surface area contributed by atoms with E-state index in [-0.39, 0.29) is 19.0 Å². The van der Waals surface area contributed by atoms with Crippen LogP contribution >= 0.6 is 0 Å². The summed E-state index contributed by atoms with van der Waals surface area (Å²) in [5.74, 6) is 0.334. The molecule has 194 valence electrons. The fraction of sp³-hybridized carbons (Fsp3) is 0.650. The van der Waals surface area contributed by atoms with E-state index in [1.165, 1.54) is 4.79 Å². The fourth-order valence-electron chi connectivity index (χ4n) is 5.63. The van der Waals surface area contributed by atoms with Gasteiger partial charge in [-0.2, -0.15) is 5.10 Å². The number of anilines is 1. The van der Waals surface area contributed by atoms with Gasteiger partial charge in [0.2, 0.25) is 0 Å². The summed E-state index contributed by atoms with van der Waals surface area (Å²) in [4.78, 5) is 39.1. The van der Waals surface area contributed by atoms with Crippen LogP contribution in [0.5, 0.6) is 0 Å².